The van der Waals surface area contributed by atoms with Crippen molar-refractivity contribution in [3.8, 4) is 0 Å². The lowest BCUT2D eigenvalue weighted by Gasteiger charge is -2.36. The molecule has 0 nitrogen and oxygen atoms in total. The second kappa shape index (κ2) is 5.56. The molecular formula is C16H30. The van der Waals surface area contributed by atoms with E-state index in [0.29, 0.717) is 0 Å². The van der Waals surface area contributed by atoms with Crippen molar-refractivity contribution in [3.63, 3.8) is 0 Å². The predicted molar refractivity (Wildman–Crippen MR) is 71.4 cm³/mol. The van der Waals surface area contributed by atoms with Crippen LogP contribution in [-0.4, -0.2) is 0 Å². The highest BCUT2D eigenvalue weighted by Gasteiger charge is 2.28. The van der Waals surface area contributed by atoms with E-state index in [9.17, 15) is 0 Å². The summed E-state index contributed by atoms with van der Waals surface area (Å²) < 4.78 is 0. The normalized spacial score (nSPS) is 45.6. The molecule has 0 radical (unpaired) electrons. The summed E-state index contributed by atoms with van der Waals surface area (Å²) in [5, 5.41) is 0. The molecule has 2 aliphatic carbocycles. The Morgan fingerprint density at radius 2 is 1.38 bits per heavy atom. The van der Waals surface area contributed by atoms with Crippen molar-refractivity contribution in [2.75, 3.05) is 0 Å². The highest BCUT2D eigenvalue weighted by molar-refractivity contribution is 4.80. The first-order valence-electron chi connectivity index (χ1n) is 7.65. The number of hydrogen-bond donors (Lipinski definition) is 0. The lowest BCUT2D eigenvalue weighted by Crippen LogP contribution is -2.25. The third kappa shape index (κ3) is 3.25. The molecule has 16 heavy (non-hydrogen) atoms. The number of hydrogen-bond acceptors (Lipinski definition) is 0. The Hall–Kier alpha value is 0. The molecule has 2 saturated carbocycles. The van der Waals surface area contributed by atoms with Crippen LogP contribution in [0.2, 0.25) is 0 Å². The SMILES string of the molecule is CC1CCC(CC2CCC(C)CC2C)CC1. The van der Waals surface area contributed by atoms with Crippen LogP contribution in [0.3, 0.4) is 0 Å². The van der Waals surface area contributed by atoms with Gasteiger partial charge in [-0.05, 0) is 48.9 Å². The highest BCUT2D eigenvalue weighted by atomic mass is 14.3. The smallest absolute Gasteiger partial charge is 0.0386 e. The molecule has 0 N–H and O–H groups in total. The van der Waals surface area contributed by atoms with Gasteiger partial charge in [-0.15, -0.1) is 0 Å². The van der Waals surface area contributed by atoms with Gasteiger partial charge in [-0.3, -0.25) is 0 Å². The van der Waals surface area contributed by atoms with Gasteiger partial charge < -0.3 is 0 Å². The summed E-state index contributed by atoms with van der Waals surface area (Å²) in [6.07, 6.45) is 12.1. The van der Waals surface area contributed by atoms with Gasteiger partial charge in [0, 0.05) is 0 Å². The largest absolute Gasteiger partial charge is 0.0625 e. The van der Waals surface area contributed by atoms with Crippen LogP contribution in [0.4, 0.5) is 0 Å². The third-order valence-corrected chi connectivity index (χ3v) is 5.38. The molecule has 3 atom stereocenters. The maximum Gasteiger partial charge on any atom is -0.0386 e. The van der Waals surface area contributed by atoms with E-state index in [1.165, 1.54) is 44.9 Å². The summed E-state index contributed by atoms with van der Waals surface area (Å²) in [4.78, 5) is 0. The van der Waals surface area contributed by atoms with Crippen molar-refractivity contribution in [1.29, 1.82) is 0 Å². The molecule has 2 fully saturated rings. The highest BCUT2D eigenvalue weighted by Crippen LogP contribution is 2.40. The van der Waals surface area contributed by atoms with Crippen molar-refractivity contribution in [3.05, 3.63) is 0 Å². The van der Waals surface area contributed by atoms with E-state index >= 15 is 0 Å². The van der Waals surface area contributed by atoms with Crippen LogP contribution >= 0.6 is 0 Å². The Kier molecular flexibility index (Phi) is 4.33. The van der Waals surface area contributed by atoms with E-state index in [-0.39, 0.29) is 0 Å². The van der Waals surface area contributed by atoms with Crippen molar-refractivity contribution >= 4 is 0 Å². The Morgan fingerprint density at radius 3 is 2.00 bits per heavy atom. The summed E-state index contributed by atoms with van der Waals surface area (Å²) in [6.45, 7) is 7.38. The van der Waals surface area contributed by atoms with E-state index in [1.807, 2.05) is 0 Å². The Morgan fingerprint density at radius 1 is 0.750 bits per heavy atom. The first kappa shape index (κ1) is 12.5. The van der Waals surface area contributed by atoms with E-state index in [0.717, 1.165) is 29.6 Å². The monoisotopic (exact) mass is 222 g/mol. The van der Waals surface area contributed by atoms with Gasteiger partial charge >= 0.3 is 0 Å². The van der Waals surface area contributed by atoms with Crippen LogP contribution in [0.15, 0.2) is 0 Å². The summed E-state index contributed by atoms with van der Waals surface area (Å²) in [5.41, 5.74) is 0. The van der Waals surface area contributed by atoms with Gasteiger partial charge in [-0.1, -0.05) is 52.9 Å². The molecule has 0 amide bonds. The zero-order chi connectivity index (χ0) is 11.5. The molecule has 0 spiro atoms. The minimum atomic E-state index is 0.998. The van der Waals surface area contributed by atoms with E-state index < -0.39 is 0 Å². The minimum absolute atomic E-state index is 0.998. The standard InChI is InChI=1S/C16H30/c1-12-4-7-15(8-5-12)11-16-9-6-13(2)10-14(16)3/h12-16H,4-11H2,1-3H3. The van der Waals surface area contributed by atoms with Crippen LogP contribution in [0.25, 0.3) is 0 Å². The predicted octanol–water partition coefficient (Wildman–Crippen LogP) is 5.28. The van der Waals surface area contributed by atoms with Crippen molar-refractivity contribution in [1.82, 2.24) is 0 Å². The molecule has 2 aliphatic rings. The Labute approximate surface area is 102 Å². The van der Waals surface area contributed by atoms with Crippen LogP contribution in [0.1, 0.15) is 72.1 Å². The zero-order valence-electron chi connectivity index (χ0n) is 11.5. The first-order chi connectivity index (χ1) is 7.65. The maximum atomic E-state index is 2.51. The van der Waals surface area contributed by atoms with Crippen molar-refractivity contribution < 1.29 is 0 Å². The molecule has 0 aromatic carbocycles. The lowest BCUT2D eigenvalue weighted by atomic mass is 9.69. The molecule has 0 heterocycles. The van der Waals surface area contributed by atoms with Gasteiger partial charge in [0.05, 0.1) is 0 Å². The molecule has 3 unspecified atom stereocenters. The summed E-state index contributed by atoms with van der Waals surface area (Å²) in [6, 6.07) is 0. The first-order valence-corrected chi connectivity index (χ1v) is 7.65. The minimum Gasteiger partial charge on any atom is -0.0625 e. The molecule has 0 aromatic heterocycles. The second-order valence-corrected chi connectivity index (χ2v) is 7.02. The molecule has 2 rings (SSSR count). The van der Waals surface area contributed by atoms with Gasteiger partial charge in [0.2, 0.25) is 0 Å². The molecule has 0 aromatic rings. The Bertz CT molecular complexity index is 200. The van der Waals surface area contributed by atoms with Crippen LogP contribution < -0.4 is 0 Å². The fourth-order valence-corrected chi connectivity index (χ4v) is 4.07. The number of rotatable bonds is 2. The van der Waals surface area contributed by atoms with Gasteiger partial charge in [-0.2, -0.15) is 0 Å². The molecular weight excluding hydrogens is 192 g/mol. The molecule has 94 valence electrons. The average molecular weight is 222 g/mol. The Balaban J connectivity index is 1.76. The summed E-state index contributed by atoms with van der Waals surface area (Å²) in [7, 11) is 0. The quantitative estimate of drug-likeness (QED) is 0.596. The van der Waals surface area contributed by atoms with E-state index in [1.54, 1.807) is 6.42 Å². The molecule has 0 saturated heterocycles. The third-order valence-electron chi connectivity index (χ3n) is 5.38. The fraction of sp³-hybridized carbons (Fsp3) is 1.00. The van der Waals surface area contributed by atoms with E-state index in [2.05, 4.69) is 20.8 Å². The zero-order valence-corrected chi connectivity index (χ0v) is 11.5. The van der Waals surface area contributed by atoms with Gasteiger partial charge in [0.15, 0.2) is 0 Å². The maximum absolute atomic E-state index is 2.51. The van der Waals surface area contributed by atoms with Crippen molar-refractivity contribution in [2.24, 2.45) is 29.6 Å². The van der Waals surface area contributed by atoms with Crippen LogP contribution in [-0.2, 0) is 0 Å². The van der Waals surface area contributed by atoms with Crippen molar-refractivity contribution in [2.45, 2.75) is 72.1 Å². The van der Waals surface area contributed by atoms with Crippen LogP contribution in [0.5, 0.6) is 0 Å². The van der Waals surface area contributed by atoms with Crippen LogP contribution in [0, 0.1) is 29.6 Å². The second-order valence-electron chi connectivity index (χ2n) is 7.02. The van der Waals surface area contributed by atoms with Gasteiger partial charge in [0.1, 0.15) is 0 Å². The summed E-state index contributed by atoms with van der Waals surface area (Å²) in [5.74, 6) is 5.16. The lowest BCUT2D eigenvalue weighted by molar-refractivity contribution is 0.150. The van der Waals surface area contributed by atoms with Gasteiger partial charge in [0.25, 0.3) is 0 Å². The topological polar surface area (TPSA) is 0 Å². The fourth-order valence-electron chi connectivity index (χ4n) is 4.07. The van der Waals surface area contributed by atoms with E-state index in [4.69, 9.17) is 0 Å². The molecule has 0 heteroatoms. The van der Waals surface area contributed by atoms with Gasteiger partial charge in [-0.25, -0.2) is 0 Å². The average Bonchev–Trinajstić information content (AvgIpc) is 2.25. The summed E-state index contributed by atoms with van der Waals surface area (Å²) >= 11 is 0. The molecule has 0 bridgehead atoms. The molecule has 0 aliphatic heterocycles.